The number of nitro groups is 1. The van der Waals surface area contributed by atoms with Crippen molar-refractivity contribution in [3.63, 3.8) is 0 Å². The number of likely N-dealkylation sites (N-methyl/N-ethyl adjacent to an activating group) is 1. The molecule has 0 aromatic heterocycles. The summed E-state index contributed by atoms with van der Waals surface area (Å²) in [6, 6.07) is 7.20. The van der Waals surface area contributed by atoms with E-state index in [9.17, 15) is 10.1 Å². The van der Waals surface area contributed by atoms with Crippen molar-refractivity contribution in [3.8, 4) is 0 Å². The van der Waals surface area contributed by atoms with Crippen LogP contribution in [0.1, 0.15) is 19.8 Å². The lowest BCUT2D eigenvalue weighted by Crippen LogP contribution is -2.34. The number of likely N-dealkylation sites (tertiary alicyclic amines) is 1. The summed E-state index contributed by atoms with van der Waals surface area (Å²) in [5.74, 6) is 0. The van der Waals surface area contributed by atoms with Crippen LogP contribution in [0.15, 0.2) is 24.3 Å². The first-order valence-electron chi connectivity index (χ1n) is 6.43. The number of non-ortho nitro benzene ring substituents is 1. The summed E-state index contributed by atoms with van der Waals surface area (Å²) in [5, 5.41) is 13.9. The van der Waals surface area contributed by atoms with Crippen molar-refractivity contribution in [3.05, 3.63) is 34.4 Å². The quantitative estimate of drug-likeness (QED) is 0.643. The first-order chi connectivity index (χ1) is 8.70. The third-order valence-corrected chi connectivity index (χ3v) is 3.53. The summed E-state index contributed by atoms with van der Waals surface area (Å²) in [5.41, 5.74) is 1.08. The highest BCUT2D eigenvalue weighted by Crippen LogP contribution is 2.19. The fourth-order valence-electron chi connectivity index (χ4n) is 2.48. The van der Waals surface area contributed by atoms with E-state index in [2.05, 4.69) is 17.1 Å². The van der Waals surface area contributed by atoms with E-state index in [0.717, 1.165) is 18.8 Å². The molecule has 1 aliphatic heterocycles. The van der Waals surface area contributed by atoms with Crippen molar-refractivity contribution in [2.24, 2.45) is 0 Å². The number of nitrogens with one attached hydrogen (secondary N) is 1. The minimum atomic E-state index is -0.375. The maximum absolute atomic E-state index is 10.5. The molecule has 1 fully saturated rings. The average Bonchev–Trinajstić information content (AvgIpc) is 2.84. The summed E-state index contributed by atoms with van der Waals surface area (Å²) in [6.45, 7) is 5.37. The minimum Gasteiger partial charge on any atom is -0.383 e. The molecule has 1 aromatic rings. The lowest BCUT2D eigenvalue weighted by atomic mass is 10.2. The van der Waals surface area contributed by atoms with Gasteiger partial charge in [0.1, 0.15) is 0 Å². The molecule has 1 aliphatic rings. The largest absolute Gasteiger partial charge is 0.383 e. The summed E-state index contributed by atoms with van der Waals surface area (Å²) in [7, 11) is 0. The van der Waals surface area contributed by atoms with Gasteiger partial charge >= 0.3 is 0 Å². The maximum Gasteiger partial charge on any atom is 0.269 e. The Balaban J connectivity index is 1.88. The highest BCUT2D eigenvalue weighted by atomic mass is 16.6. The molecular formula is C13H19N3O2. The Hall–Kier alpha value is -1.62. The zero-order chi connectivity index (χ0) is 13.0. The lowest BCUT2D eigenvalue weighted by Gasteiger charge is -2.23. The normalized spacial score (nSPS) is 19.9. The van der Waals surface area contributed by atoms with Gasteiger partial charge in [0, 0.05) is 30.4 Å². The molecule has 0 aliphatic carbocycles. The van der Waals surface area contributed by atoms with Crippen molar-refractivity contribution in [1.82, 2.24) is 4.90 Å². The van der Waals surface area contributed by atoms with Crippen molar-refractivity contribution >= 4 is 11.4 Å². The standard InChI is InChI=1S/C13H19N3O2/c1-2-15-9-3-4-13(15)10-14-11-5-7-12(8-6-11)16(17)18/h5-8,13-14H,2-4,9-10H2,1H3. The number of nitro benzene ring substituents is 1. The molecule has 2 rings (SSSR count). The van der Waals surface area contributed by atoms with E-state index in [4.69, 9.17) is 0 Å². The Kier molecular flexibility index (Phi) is 4.15. The van der Waals surface area contributed by atoms with Crippen LogP contribution >= 0.6 is 0 Å². The van der Waals surface area contributed by atoms with Gasteiger partial charge in [0.15, 0.2) is 0 Å². The van der Waals surface area contributed by atoms with Gasteiger partial charge in [-0.1, -0.05) is 6.92 Å². The van der Waals surface area contributed by atoms with Crippen molar-refractivity contribution in [2.75, 3.05) is 25.0 Å². The minimum absolute atomic E-state index is 0.136. The molecule has 1 heterocycles. The molecule has 0 saturated carbocycles. The lowest BCUT2D eigenvalue weighted by molar-refractivity contribution is -0.384. The SMILES string of the molecule is CCN1CCCC1CNc1ccc([N+](=O)[O-])cc1. The van der Waals surface area contributed by atoms with Gasteiger partial charge in [-0.2, -0.15) is 0 Å². The predicted molar refractivity (Wildman–Crippen MR) is 71.9 cm³/mol. The van der Waals surface area contributed by atoms with Gasteiger partial charge in [0.25, 0.3) is 5.69 Å². The molecule has 1 N–H and O–H groups in total. The van der Waals surface area contributed by atoms with Crippen LogP contribution in [0, 0.1) is 10.1 Å². The Morgan fingerprint density at radius 1 is 1.44 bits per heavy atom. The van der Waals surface area contributed by atoms with Crippen molar-refractivity contribution in [1.29, 1.82) is 0 Å². The van der Waals surface area contributed by atoms with Gasteiger partial charge < -0.3 is 5.32 Å². The van der Waals surface area contributed by atoms with Crippen LogP contribution < -0.4 is 5.32 Å². The van der Waals surface area contributed by atoms with Crippen LogP contribution in [0.2, 0.25) is 0 Å². The van der Waals surface area contributed by atoms with E-state index in [-0.39, 0.29) is 10.6 Å². The molecule has 0 bridgehead atoms. The molecule has 1 atom stereocenters. The first kappa shape index (κ1) is 12.8. The van der Waals surface area contributed by atoms with Gasteiger partial charge in [-0.3, -0.25) is 15.0 Å². The van der Waals surface area contributed by atoms with Crippen molar-refractivity contribution < 1.29 is 4.92 Å². The summed E-state index contributed by atoms with van der Waals surface area (Å²) in [4.78, 5) is 12.6. The average molecular weight is 249 g/mol. The fourth-order valence-corrected chi connectivity index (χ4v) is 2.48. The van der Waals surface area contributed by atoms with Crippen LogP contribution in [-0.2, 0) is 0 Å². The summed E-state index contributed by atoms with van der Waals surface area (Å²) in [6.07, 6.45) is 2.49. The Bertz CT molecular complexity index is 405. The highest BCUT2D eigenvalue weighted by molar-refractivity contribution is 5.48. The summed E-state index contributed by atoms with van der Waals surface area (Å²) >= 11 is 0. The zero-order valence-electron chi connectivity index (χ0n) is 10.6. The first-order valence-corrected chi connectivity index (χ1v) is 6.43. The van der Waals surface area contributed by atoms with E-state index >= 15 is 0 Å². The third-order valence-electron chi connectivity index (χ3n) is 3.53. The number of hydrogen-bond donors (Lipinski definition) is 1. The second kappa shape index (κ2) is 5.82. The molecule has 5 nitrogen and oxygen atoms in total. The molecule has 18 heavy (non-hydrogen) atoms. The number of rotatable bonds is 5. The molecule has 0 spiro atoms. The Morgan fingerprint density at radius 2 is 2.17 bits per heavy atom. The van der Waals surface area contributed by atoms with Crippen molar-refractivity contribution in [2.45, 2.75) is 25.8 Å². The maximum atomic E-state index is 10.5. The van der Waals surface area contributed by atoms with Gasteiger partial charge in [0.2, 0.25) is 0 Å². The molecule has 1 unspecified atom stereocenters. The number of benzene rings is 1. The Morgan fingerprint density at radius 3 is 2.78 bits per heavy atom. The molecule has 0 radical (unpaired) electrons. The van der Waals surface area contributed by atoms with Crippen LogP contribution in [0.25, 0.3) is 0 Å². The highest BCUT2D eigenvalue weighted by Gasteiger charge is 2.22. The number of anilines is 1. The van der Waals surface area contributed by atoms with Crippen LogP contribution in [0.5, 0.6) is 0 Å². The second-order valence-corrected chi connectivity index (χ2v) is 4.61. The van der Waals surface area contributed by atoms with Crippen LogP contribution in [0.3, 0.4) is 0 Å². The van der Waals surface area contributed by atoms with E-state index in [1.54, 1.807) is 12.1 Å². The van der Waals surface area contributed by atoms with E-state index in [1.807, 2.05) is 0 Å². The molecule has 1 saturated heterocycles. The third kappa shape index (κ3) is 2.98. The second-order valence-electron chi connectivity index (χ2n) is 4.61. The van der Waals surface area contributed by atoms with E-state index < -0.39 is 0 Å². The Labute approximate surface area is 107 Å². The van der Waals surface area contributed by atoms with Gasteiger partial charge in [-0.15, -0.1) is 0 Å². The molecule has 5 heteroatoms. The van der Waals surface area contributed by atoms with Gasteiger partial charge in [-0.25, -0.2) is 0 Å². The van der Waals surface area contributed by atoms with Crippen LogP contribution in [-0.4, -0.2) is 35.5 Å². The zero-order valence-corrected chi connectivity index (χ0v) is 10.6. The van der Waals surface area contributed by atoms with Gasteiger partial charge in [0.05, 0.1) is 4.92 Å². The topological polar surface area (TPSA) is 58.4 Å². The molecule has 0 amide bonds. The predicted octanol–water partition coefficient (Wildman–Crippen LogP) is 2.49. The van der Waals surface area contributed by atoms with Crippen LogP contribution in [0.4, 0.5) is 11.4 Å². The molecule has 1 aromatic carbocycles. The monoisotopic (exact) mass is 249 g/mol. The van der Waals surface area contributed by atoms with E-state index in [1.165, 1.54) is 31.5 Å². The number of hydrogen-bond acceptors (Lipinski definition) is 4. The smallest absolute Gasteiger partial charge is 0.269 e. The van der Waals surface area contributed by atoms with E-state index in [0.29, 0.717) is 6.04 Å². The number of nitrogens with zero attached hydrogens (tertiary/aromatic N) is 2. The fraction of sp³-hybridized carbons (Fsp3) is 0.538. The summed E-state index contributed by atoms with van der Waals surface area (Å²) < 4.78 is 0. The van der Waals surface area contributed by atoms with Gasteiger partial charge in [-0.05, 0) is 38.1 Å². The molecular weight excluding hydrogens is 230 g/mol. The molecule has 98 valence electrons.